The molecule has 0 bridgehead atoms. The first-order valence-electron chi connectivity index (χ1n) is 24.4. The van der Waals surface area contributed by atoms with Crippen LogP contribution in [0.1, 0.15) is 108 Å². The van der Waals surface area contributed by atoms with E-state index in [1.807, 2.05) is 44.7 Å². The standard InChI is InChI=1S/C47H60N14O6.C2H6.CH5N/c1-7-29(3)44(64)51-46-50-35-25-33(42(48)63)26-37(66-6)40(35)59(46)15-9-10-16-60-41-34(49-47(60)52-45(65)36-22-30(4)55-61(36)8-2)23-31(28-62)24-38(41)67-21-11-14-57-17-12-32(13-18-57)43-54-53-39-27-56(5)19-20-58(39)43;2*1-2/h7,9-10,22-26,28,32,47,49H,8,11-21,27H2,1-6H3,(H2,48,63)(H,52,65)(H,50,51,64);1-2H3;2H2,1H3/b10-9+,29-7+;;. The predicted molar refractivity (Wildman–Crippen MR) is 275 cm³/mol. The van der Waals surface area contributed by atoms with Gasteiger partial charge in [-0.25, -0.2) is 4.98 Å². The zero-order valence-electron chi connectivity index (χ0n) is 42.6. The lowest BCUT2D eigenvalue weighted by Gasteiger charge is -2.32. The molecular weight excluding hydrogens is 907 g/mol. The van der Waals surface area contributed by atoms with Crippen LogP contribution in [0.2, 0.25) is 0 Å². The molecule has 382 valence electrons. The molecule has 71 heavy (non-hydrogen) atoms. The predicted octanol–water partition coefficient (Wildman–Crippen LogP) is 4.87. The van der Waals surface area contributed by atoms with Gasteiger partial charge in [-0.05, 0) is 104 Å². The van der Waals surface area contributed by atoms with Crippen molar-refractivity contribution >= 4 is 52.4 Å². The number of allylic oxidation sites excluding steroid dienone is 2. The lowest BCUT2D eigenvalue weighted by molar-refractivity contribution is -0.112. The number of aromatic nitrogens is 7. The highest BCUT2D eigenvalue weighted by atomic mass is 16.5. The summed E-state index contributed by atoms with van der Waals surface area (Å²) in [7, 11) is 5.10. The van der Waals surface area contributed by atoms with Crippen molar-refractivity contribution in [1.29, 1.82) is 0 Å². The third-order valence-electron chi connectivity index (χ3n) is 12.7. The molecule has 21 heteroatoms. The van der Waals surface area contributed by atoms with Gasteiger partial charge in [-0.15, -0.1) is 10.2 Å². The number of carbonyl (C=O) groups excluding carboxylic acids is 4. The number of nitrogens with two attached hydrogens (primary N) is 2. The summed E-state index contributed by atoms with van der Waals surface area (Å²) in [6.45, 7) is 18.2. The highest BCUT2D eigenvalue weighted by molar-refractivity contribution is 6.04. The van der Waals surface area contributed by atoms with E-state index in [1.165, 1.54) is 14.2 Å². The molecule has 3 aliphatic rings. The fourth-order valence-corrected chi connectivity index (χ4v) is 9.03. The molecule has 1 saturated heterocycles. The van der Waals surface area contributed by atoms with E-state index in [4.69, 9.17) is 15.2 Å². The zero-order valence-corrected chi connectivity index (χ0v) is 42.6. The van der Waals surface area contributed by atoms with Gasteiger partial charge in [-0.3, -0.25) is 34.1 Å². The zero-order chi connectivity index (χ0) is 51.4. The number of carbonyl (C=O) groups is 4. The van der Waals surface area contributed by atoms with Crippen LogP contribution < -0.4 is 41.8 Å². The van der Waals surface area contributed by atoms with Crippen molar-refractivity contribution in [3.8, 4) is 11.5 Å². The first-order valence-corrected chi connectivity index (χ1v) is 24.4. The van der Waals surface area contributed by atoms with Crippen LogP contribution in [-0.2, 0) is 31.0 Å². The molecule has 0 aliphatic carbocycles. The number of imidazole rings is 1. The van der Waals surface area contributed by atoms with E-state index >= 15 is 0 Å². The van der Waals surface area contributed by atoms with Crippen LogP contribution in [0.15, 0.2) is 54.1 Å². The Morgan fingerprint density at radius 3 is 2.42 bits per heavy atom. The van der Waals surface area contributed by atoms with Gasteiger partial charge < -0.3 is 50.5 Å². The lowest BCUT2D eigenvalue weighted by Crippen LogP contribution is -2.50. The first-order chi connectivity index (χ1) is 34.4. The van der Waals surface area contributed by atoms with Gasteiger partial charge in [0.05, 0.1) is 37.2 Å². The van der Waals surface area contributed by atoms with E-state index in [1.54, 1.807) is 59.5 Å². The molecule has 8 rings (SSSR count). The fraction of sp³-hybridized carbons (Fsp3) is 0.480. The average Bonchev–Trinajstić information content (AvgIpc) is 4.17. The summed E-state index contributed by atoms with van der Waals surface area (Å²) in [4.78, 5) is 62.9. The third kappa shape index (κ3) is 12.1. The summed E-state index contributed by atoms with van der Waals surface area (Å²) >= 11 is 0. The number of amides is 3. The largest absolute Gasteiger partial charge is 0.494 e. The monoisotopic (exact) mass is 978 g/mol. The van der Waals surface area contributed by atoms with E-state index in [9.17, 15) is 19.2 Å². The number of aldehydes is 1. The fourth-order valence-electron chi connectivity index (χ4n) is 9.03. The number of nitrogens with one attached hydrogen (secondary N) is 3. The SMILES string of the molecule is C/C=C(\C)C(=O)Nc1nc2cc(C(N)=O)cc(OC)c2n1C/C=C/CN1c2c(cc(C=O)cc2OCCCN2CCC(c3nnc4n3CCN(C)C4)CC2)NC1NC(=O)c1cc(C)nn1CC.CC.CN. The van der Waals surface area contributed by atoms with Crippen molar-refractivity contribution in [3.63, 3.8) is 0 Å². The third-order valence-corrected chi connectivity index (χ3v) is 12.7. The number of rotatable bonds is 18. The van der Waals surface area contributed by atoms with Crippen LogP contribution >= 0.6 is 0 Å². The summed E-state index contributed by atoms with van der Waals surface area (Å²) in [6.07, 6.45) is 8.40. The summed E-state index contributed by atoms with van der Waals surface area (Å²) < 4.78 is 18.0. The molecule has 1 fully saturated rings. The smallest absolute Gasteiger partial charge is 0.272 e. The molecular formula is C50H71N15O6. The van der Waals surface area contributed by atoms with E-state index in [2.05, 4.69) is 63.4 Å². The second kappa shape index (κ2) is 24.6. The lowest BCUT2D eigenvalue weighted by atomic mass is 9.95. The number of anilines is 3. The van der Waals surface area contributed by atoms with Crippen LogP contribution in [0.25, 0.3) is 11.0 Å². The number of likely N-dealkylation sites (tertiary alicyclic amines) is 1. The van der Waals surface area contributed by atoms with E-state index in [0.717, 1.165) is 82.2 Å². The van der Waals surface area contributed by atoms with Crippen LogP contribution in [0, 0.1) is 6.92 Å². The van der Waals surface area contributed by atoms with Crippen molar-refractivity contribution in [2.75, 3.05) is 76.1 Å². The number of benzene rings is 2. The number of hydrogen-bond donors (Lipinski definition) is 5. The number of hydrogen-bond acceptors (Lipinski definition) is 15. The minimum absolute atomic E-state index is 0.212. The maximum atomic E-state index is 13.9. The van der Waals surface area contributed by atoms with Gasteiger partial charge in [0.2, 0.25) is 11.9 Å². The number of ether oxygens (including phenoxy) is 2. The van der Waals surface area contributed by atoms with Gasteiger partial charge >= 0.3 is 0 Å². The Balaban J connectivity index is 0.00000201. The molecule has 0 radical (unpaired) electrons. The molecule has 21 nitrogen and oxygen atoms in total. The van der Waals surface area contributed by atoms with Gasteiger partial charge in [-0.1, -0.05) is 32.1 Å². The molecule has 2 aromatic carbocycles. The molecule has 3 aliphatic heterocycles. The topological polar surface area (TPSA) is 251 Å². The summed E-state index contributed by atoms with van der Waals surface area (Å²) in [5.74, 6) is 2.36. The summed E-state index contributed by atoms with van der Waals surface area (Å²) in [5.41, 5.74) is 14.7. The number of piperidine rings is 1. The van der Waals surface area contributed by atoms with Gasteiger partial charge in [0.1, 0.15) is 46.3 Å². The molecule has 5 aromatic rings. The highest BCUT2D eigenvalue weighted by Crippen LogP contribution is 2.43. The van der Waals surface area contributed by atoms with E-state index < -0.39 is 12.2 Å². The molecule has 0 spiro atoms. The number of aryl methyl sites for hydroxylation is 2. The Morgan fingerprint density at radius 2 is 1.73 bits per heavy atom. The summed E-state index contributed by atoms with van der Waals surface area (Å²) in [6, 6.07) is 8.34. The number of likely N-dealkylation sites (N-methyl/N-ethyl adjacent to an activating group) is 1. The first kappa shape index (κ1) is 53.3. The quantitative estimate of drug-likeness (QED) is 0.0340. The second-order valence-electron chi connectivity index (χ2n) is 17.2. The van der Waals surface area contributed by atoms with Crippen LogP contribution in [-0.4, -0.2) is 135 Å². The van der Waals surface area contributed by atoms with Gasteiger partial charge in [0, 0.05) is 61.9 Å². The number of methoxy groups -OCH3 is 1. The minimum Gasteiger partial charge on any atom is -0.494 e. The summed E-state index contributed by atoms with van der Waals surface area (Å²) in [5, 5.41) is 23.0. The second-order valence-corrected chi connectivity index (χ2v) is 17.2. The Kier molecular flexibility index (Phi) is 18.5. The Hall–Kier alpha value is -7.10. The van der Waals surface area contributed by atoms with Gasteiger partial charge in [0.25, 0.3) is 11.8 Å². The molecule has 3 aromatic heterocycles. The average molecular weight is 978 g/mol. The number of nitrogens with zero attached hydrogens (tertiary/aromatic N) is 10. The van der Waals surface area contributed by atoms with Crippen molar-refractivity contribution in [2.24, 2.45) is 11.5 Å². The Bertz CT molecular complexity index is 2730. The van der Waals surface area contributed by atoms with Crippen LogP contribution in [0.3, 0.4) is 0 Å². The van der Waals surface area contributed by atoms with E-state index in [0.29, 0.717) is 69.8 Å². The maximum Gasteiger partial charge on any atom is 0.272 e. The molecule has 1 atom stereocenters. The molecule has 0 saturated carbocycles. The van der Waals surface area contributed by atoms with Crippen molar-refractivity contribution in [1.82, 2.24) is 49.2 Å². The minimum atomic E-state index is -0.741. The van der Waals surface area contributed by atoms with Crippen molar-refractivity contribution in [3.05, 3.63) is 88.3 Å². The highest BCUT2D eigenvalue weighted by Gasteiger charge is 2.34. The molecule has 3 amide bonds. The van der Waals surface area contributed by atoms with Crippen molar-refractivity contribution < 1.29 is 28.7 Å². The normalized spacial score (nSPS) is 16.1. The molecule has 7 N–H and O–H groups in total. The van der Waals surface area contributed by atoms with Crippen LogP contribution in [0.5, 0.6) is 11.5 Å². The number of fused-ring (bicyclic) bond motifs is 3. The Morgan fingerprint density at radius 1 is 0.986 bits per heavy atom. The van der Waals surface area contributed by atoms with Gasteiger partial charge in [-0.2, -0.15) is 5.10 Å². The number of primary amides is 1. The van der Waals surface area contributed by atoms with Gasteiger partial charge in [0.15, 0.2) is 6.29 Å². The van der Waals surface area contributed by atoms with Crippen molar-refractivity contribution in [2.45, 2.75) is 99.2 Å². The molecule has 1 unspecified atom stereocenters. The van der Waals surface area contributed by atoms with E-state index in [-0.39, 0.29) is 36.4 Å². The molecule has 6 heterocycles. The van der Waals surface area contributed by atoms with Crippen LogP contribution in [0.4, 0.5) is 17.3 Å². The Labute approximate surface area is 415 Å². The maximum absolute atomic E-state index is 13.9.